The van der Waals surface area contributed by atoms with E-state index in [-0.39, 0.29) is 11.6 Å². The third kappa shape index (κ3) is 5.17. The molecule has 5 heteroatoms. The third-order valence-corrected chi connectivity index (χ3v) is 3.12. The van der Waals surface area contributed by atoms with Crippen molar-refractivity contribution in [2.75, 3.05) is 13.7 Å². The quantitative estimate of drug-likeness (QED) is 0.452. The van der Waals surface area contributed by atoms with Crippen LogP contribution in [0, 0.1) is 11.3 Å². The van der Waals surface area contributed by atoms with E-state index in [1.165, 1.54) is 0 Å². The Balaban J connectivity index is 3.35. The van der Waals surface area contributed by atoms with Crippen LogP contribution in [-0.2, 0) is 11.2 Å². The molecule has 0 spiro atoms. The van der Waals surface area contributed by atoms with Crippen LogP contribution in [0.3, 0.4) is 0 Å². The minimum absolute atomic E-state index is 0.0412. The van der Waals surface area contributed by atoms with Gasteiger partial charge >= 0.3 is 0 Å². The molecule has 1 N–H and O–H groups in total. The average Bonchev–Trinajstić information content (AvgIpc) is 2.54. The van der Waals surface area contributed by atoms with Crippen LogP contribution >= 0.6 is 0 Å². The number of hydrogen-bond donors (Lipinski definition) is 1. The summed E-state index contributed by atoms with van der Waals surface area (Å²) in [6.07, 6.45) is 3.90. The van der Waals surface area contributed by atoms with Crippen molar-refractivity contribution in [1.29, 1.82) is 5.26 Å². The largest absolute Gasteiger partial charge is 0.493 e. The molecule has 0 bridgehead atoms. The summed E-state index contributed by atoms with van der Waals surface area (Å²) in [5.74, 6) is 0.816. The highest BCUT2D eigenvalue weighted by atomic mass is 16.5. The van der Waals surface area contributed by atoms with Gasteiger partial charge in [0, 0.05) is 11.6 Å². The zero-order valence-electron chi connectivity index (χ0n) is 14.7. The lowest BCUT2D eigenvalue weighted by molar-refractivity contribution is -0.117. The lowest BCUT2D eigenvalue weighted by Crippen LogP contribution is -2.30. The summed E-state index contributed by atoms with van der Waals surface area (Å²) >= 11 is 0. The van der Waals surface area contributed by atoms with Crippen LogP contribution in [0.25, 0.3) is 6.08 Å². The lowest BCUT2D eigenvalue weighted by Gasteiger charge is -2.15. The van der Waals surface area contributed by atoms with E-state index in [4.69, 9.17) is 9.47 Å². The second-order valence-corrected chi connectivity index (χ2v) is 5.44. The van der Waals surface area contributed by atoms with Gasteiger partial charge in [0.15, 0.2) is 11.5 Å². The molecule has 0 radical (unpaired) electrons. The zero-order chi connectivity index (χ0) is 18.1. The predicted molar refractivity (Wildman–Crippen MR) is 94.9 cm³/mol. The number of methoxy groups -OCH3 is 1. The first-order valence-corrected chi connectivity index (χ1v) is 7.84. The van der Waals surface area contributed by atoms with Crippen molar-refractivity contribution >= 4 is 12.0 Å². The molecule has 0 saturated carbocycles. The summed E-state index contributed by atoms with van der Waals surface area (Å²) in [4.78, 5) is 12.0. The van der Waals surface area contributed by atoms with Crippen LogP contribution in [0.15, 0.2) is 30.4 Å². The second kappa shape index (κ2) is 9.41. The van der Waals surface area contributed by atoms with Gasteiger partial charge in [0.05, 0.1) is 13.7 Å². The number of rotatable bonds is 8. The lowest BCUT2D eigenvalue weighted by atomic mass is 10.0. The highest BCUT2D eigenvalue weighted by molar-refractivity contribution is 6.01. The van der Waals surface area contributed by atoms with Gasteiger partial charge in [0.2, 0.25) is 0 Å². The minimum Gasteiger partial charge on any atom is -0.493 e. The fourth-order valence-electron chi connectivity index (χ4n) is 2.19. The van der Waals surface area contributed by atoms with Crippen molar-refractivity contribution in [3.05, 3.63) is 41.5 Å². The van der Waals surface area contributed by atoms with Crippen molar-refractivity contribution in [1.82, 2.24) is 5.32 Å². The fourth-order valence-corrected chi connectivity index (χ4v) is 2.19. The van der Waals surface area contributed by atoms with Gasteiger partial charge in [-0.05, 0) is 51.0 Å². The van der Waals surface area contributed by atoms with Gasteiger partial charge in [-0.1, -0.05) is 6.08 Å². The first kappa shape index (κ1) is 19.3. The molecule has 1 aromatic rings. The highest BCUT2D eigenvalue weighted by Gasteiger charge is 2.14. The first-order valence-electron chi connectivity index (χ1n) is 7.84. The van der Waals surface area contributed by atoms with Crippen molar-refractivity contribution in [2.24, 2.45) is 0 Å². The average molecular weight is 328 g/mol. The molecule has 5 nitrogen and oxygen atoms in total. The smallest absolute Gasteiger partial charge is 0.262 e. The number of nitrogens with zero attached hydrogens (tertiary/aromatic N) is 1. The van der Waals surface area contributed by atoms with Crippen molar-refractivity contribution < 1.29 is 14.3 Å². The Morgan fingerprint density at radius 2 is 2.17 bits per heavy atom. The van der Waals surface area contributed by atoms with E-state index in [0.717, 1.165) is 5.56 Å². The van der Waals surface area contributed by atoms with E-state index in [2.05, 4.69) is 11.9 Å². The number of nitrogens with one attached hydrogen (secondary N) is 1. The standard InChI is InChI=1S/C19H24N2O3/c1-6-8-15-9-14(11-17(23-5)18(15)24-7-2)10-16(12-20)19(22)21-13(3)4/h6,9-11,13H,1,7-8H2,2-5H3,(H,21,22)/b16-10-. The van der Waals surface area contributed by atoms with E-state index in [1.807, 2.05) is 32.9 Å². The topological polar surface area (TPSA) is 71.4 Å². The van der Waals surface area contributed by atoms with Gasteiger partial charge in [-0.3, -0.25) is 4.79 Å². The summed E-state index contributed by atoms with van der Waals surface area (Å²) in [6, 6.07) is 5.52. The van der Waals surface area contributed by atoms with E-state index >= 15 is 0 Å². The number of carbonyl (C=O) groups is 1. The highest BCUT2D eigenvalue weighted by Crippen LogP contribution is 2.34. The molecule has 1 aromatic carbocycles. The zero-order valence-corrected chi connectivity index (χ0v) is 14.7. The van der Waals surface area contributed by atoms with Crippen molar-refractivity contribution in [2.45, 2.75) is 33.2 Å². The molecule has 0 fully saturated rings. The molecule has 24 heavy (non-hydrogen) atoms. The molecule has 1 amide bonds. The number of amides is 1. The third-order valence-electron chi connectivity index (χ3n) is 3.12. The maximum absolute atomic E-state index is 12.0. The van der Waals surface area contributed by atoms with Gasteiger partial charge in [0.25, 0.3) is 5.91 Å². The molecule has 0 saturated heterocycles. The van der Waals surface area contributed by atoms with E-state index in [9.17, 15) is 10.1 Å². The Morgan fingerprint density at radius 3 is 2.67 bits per heavy atom. The normalized spacial score (nSPS) is 10.9. The van der Waals surface area contributed by atoms with Crippen molar-refractivity contribution in [3.8, 4) is 17.6 Å². The van der Waals surface area contributed by atoms with Gasteiger partial charge in [0.1, 0.15) is 11.6 Å². The molecule has 1 rings (SSSR count). The molecular weight excluding hydrogens is 304 g/mol. The summed E-state index contributed by atoms with van der Waals surface area (Å²) < 4.78 is 11.1. The number of carbonyl (C=O) groups excluding carboxylic acids is 1. The summed E-state index contributed by atoms with van der Waals surface area (Å²) in [5.41, 5.74) is 1.63. The fraction of sp³-hybridized carbons (Fsp3) is 0.368. The minimum atomic E-state index is -0.398. The molecule has 0 atom stereocenters. The van der Waals surface area contributed by atoms with E-state index in [0.29, 0.717) is 30.1 Å². The maximum atomic E-state index is 12.0. The van der Waals surface area contributed by atoms with E-state index in [1.54, 1.807) is 25.3 Å². The van der Waals surface area contributed by atoms with Crippen LogP contribution in [0.5, 0.6) is 11.5 Å². The number of hydrogen-bond acceptors (Lipinski definition) is 4. The Morgan fingerprint density at radius 1 is 1.46 bits per heavy atom. The molecule has 128 valence electrons. The summed E-state index contributed by atoms with van der Waals surface area (Å²) in [5, 5.41) is 12.0. The van der Waals surface area contributed by atoms with Gasteiger partial charge < -0.3 is 14.8 Å². The van der Waals surface area contributed by atoms with Crippen LogP contribution < -0.4 is 14.8 Å². The molecule has 0 aliphatic heterocycles. The Hall–Kier alpha value is -2.74. The number of benzene rings is 1. The van der Waals surface area contributed by atoms with Crippen LogP contribution in [0.2, 0.25) is 0 Å². The molecule has 0 aliphatic carbocycles. The number of nitriles is 1. The van der Waals surface area contributed by atoms with E-state index < -0.39 is 5.91 Å². The molecule has 0 heterocycles. The number of ether oxygens (including phenoxy) is 2. The van der Waals surface area contributed by atoms with Gasteiger partial charge in [-0.2, -0.15) is 5.26 Å². The Labute approximate surface area is 143 Å². The van der Waals surface area contributed by atoms with Crippen molar-refractivity contribution in [3.63, 3.8) is 0 Å². The summed E-state index contributed by atoms with van der Waals surface area (Å²) in [6.45, 7) is 9.84. The summed E-state index contributed by atoms with van der Waals surface area (Å²) in [7, 11) is 1.56. The second-order valence-electron chi connectivity index (χ2n) is 5.44. The predicted octanol–water partition coefficient (Wildman–Crippen LogP) is 3.25. The monoisotopic (exact) mass is 328 g/mol. The maximum Gasteiger partial charge on any atom is 0.262 e. The van der Waals surface area contributed by atoms with Crippen LogP contribution in [-0.4, -0.2) is 25.7 Å². The SMILES string of the molecule is C=CCc1cc(/C=C(/C#N)C(=O)NC(C)C)cc(OC)c1OCC. The molecule has 0 unspecified atom stereocenters. The van der Waals surface area contributed by atoms with Gasteiger partial charge in [-0.25, -0.2) is 0 Å². The van der Waals surface area contributed by atoms with Crippen LogP contribution in [0.4, 0.5) is 0 Å². The Bertz CT molecular complexity index is 670. The molecule has 0 aromatic heterocycles. The van der Waals surface area contributed by atoms with Gasteiger partial charge in [-0.15, -0.1) is 6.58 Å². The number of allylic oxidation sites excluding steroid dienone is 1. The first-order chi connectivity index (χ1) is 11.5. The Kier molecular flexibility index (Phi) is 7.57. The molecule has 0 aliphatic rings. The molecular formula is C19H24N2O3. The van der Waals surface area contributed by atoms with Crippen LogP contribution in [0.1, 0.15) is 31.9 Å².